The number of hydrogen-bond donors (Lipinski definition) is 3. The van der Waals surface area contributed by atoms with Gasteiger partial charge in [-0.15, -0.1) is 0 Å². The molecule has 0 aliphatic heterocycles. The van der Waals surface area contributed by atoms with E-state index >= 15 is 0 Å². The second-order valence-corrected chi connectivity index (χ2v) is 7.11. The standard InChI is InChI=1S/C18H23N5O2S/c1-12-6-2-4-8-14(12)20-18(26)22-21-17(25)11-23-15-9-5-3-7-13(15)16(24)10-19-23/h3,5,7,9-10,12,14H,2,4,6,8,11H2,1H3,(H,21,25)(H2,20,22,26). The van der Waals surface area contributed by atoms with Crippen LogP contribution >= 0.6 is 12.2 Å². The van der Waals surface area contributed by atoms with E-state index < -0.39 is 0 Å². The van der Waals surface area contributed by atoms with Gasteiger partial charge in [0.25, 0.3) is 5.91 Å². The van der Waals surface area contributed by atoms with Crippen molar-refractivity contribution in [3.63, 3.8) is 0 Å². The van der Waals surface area contributed by atoms with Crippen molar-refractivity contribution in [3.8, 4) is 0 Å². The van der Waals surface area contributed by atoms with Gasteiger partial charge in [0.15, 0.2) is 5.11 Å². The van der Waals surface area contributed by atoms with Gasteiger partial charge in [-0.1, -0.05) is 31.9 Å². The quantitative estimate of drug-likeness (QED) is 0.558. The van der Waals surface area contributed by atoms with Crippen LogP contribution in [0.15, 0.2) is 35.3 Å². The van der Waals surface area contributed by atoms with E-state index in [0.717, 1.165) is 6.42 Å². The Labute approximate surface area is 157 Å². The third-order valence-corrected chi connectivity index (χ3v) is 5.02. The van der Waals surface area contributed by atoms with Gasteiger partial charge in [0.05, 0.1) is 11.7 Å². The highest BCUT2D eigenvalue weighted by Gasteiger charge is 2.21. The lowest BCUT2D eigenvalue weighted by Crippen LogP contribution is -2.52. The summed E-state index contributed by atoms with van der Waals surface area (Å²) in [6.07, 6.45) is 5.96. The molecule has 0 bridgehead atoms. The lowest BCUT2D eigenvalue weighted by atomic mass is 9.86. The van der Waals surface area contributed by atoms with Crippen LogP contribution < -0.4 is 21.6 Å². The molecule has 0 radical (unpaired) electrons. The number of amides is 1. The molecule has 1 aromatic heterocycles. The first-order chi connectivity index (χ1) is 12.5. The molecule has 2 unspecified atom stereocenters. The predicted molar refractivity (Wildman–Crippen MR) is 104 cm³/mol. The van der Waals surface area contributed by atoms with Crippen LogP contribution in [0.3, 0.4) is 0 Å². The first-order valence-corrected chi connectivity index (χ1v) is 9.25. The summed E-state index contributed by atoms with van der Waals surface area (Å²) in [5, 5.41) is 8.26. The maximum Gasteiger partial charge on any atom is 0.260 e. The molecular formula is C18H23N5O2S. The van der Waals surface area contributed by atoms with Gasteiger partial charge in [-0.2, -0.15) is 5.10 Å². The highest BCUT2D eigenvalue weighted by molar-refractivity contribution is 7.80. The van der Waals surface area contributed by atoms with Gasteiger partial charge in [0, 0.05) is 11.4 Å². The van der Waals surface area contributed by atoms with Crippen molar-refractivity contribution in [2.24, 2.45) is 5.92 Å². The van der Waals surface area contributed by atoms with E-state index in [0.29, 0.717) is 28.0 Å². The molecule has 1 fully saturated rings. The first kappa shape index (κ1) is 18.3. The van der Waals surface area contributed by atoms with E-state index in [4.69, 9.17) is 12.2 Å². The lowest BCUT2D eigenvalue weighted by Gasteiger charge is -2.30. The van der Waals surface area contributed by atoms with Gasteiger partial charge in [-0.3, -0.25) is 25.1 Å². The molecule has 0 spiro atoms. The minimum atomic E-state index is -0.299. The summed E-state index contributed by atoms with van der Waals surface area (Å²) >= 11 is 5.26. The van der Waals surface area contributed by atoms with Crippen molar-refractivity contribution in [2.75, 3.05) is 0 Å². The van der Waals surface area contributed by atoms with Gasteiger partial charge in [0.1, 0.15) is 6.54 Å². The third-order valence-electron chi connectivity index (χ3n) is 4.80. The fourth-order valence-corrected chi connectivity index (χ4v) is 3.53. The molecule has 1 aromatic carbocycles. The van der Waals surface area contributed by atoms with Crippen molar-refractivity contribution >= 4 is 34.1 Å². The summed E-state index contributed by atoms with van der Waals surface area (Å²) in [6, 6.07) is 7.41. The normalized spacial score (nSPS) is 19.7. The number of carbonyl (C=O) groups excluding carboxylic acids is 1. The maximum atomic E-state index is 12.2. The van der Waals surface area contributed by atoms with Crippen LogP contribution in [0.4, 0.5) is 0 Å². The Bertz CT molecular complexity index is 866. The van der Waals surface area contributed by atoms with Crippen LogP contribution in [-0.2, 0) is 11.3 Å². The monoisotopic (exact) mass is 373 g/mol. The van der Waals surface area contributed by atoms with Gasteiger partial charge in [-0.05, 0) is 43.1 Å². The van der Waals surface area contributed by atoms with Crippen LogP contribution in [0.5, 0.6) is 0 Å². The Hall–Kier alpha value is -2.48. The summed E-state index contributed by atoms with van der Waals surface area (Å²) in [5.41, 5.74) is 5.78. The smallest absolute Gasteiger partial charge is 0.260 e. The molecule has 7 nitrogen and oxygen atoms in total. The molecule has 0 saturated heterocycles. The Morgan fingerprint density at radius 1 is 1.27 bits per heavy atom. The highest BCUT2D eigenvalue weighted by atomic mass is 32.1. The number of hydrazine groups is 1. The molecule has 2 atom stereocenters. The largest absolute Gasteiger partial charge is 0.358 e. The highest BCUT2D eigenvalue weighted by Crippen LogP contribution is 2.23. The zero-order valence-electron chi connectivity index (χ0n) is 14.7. The number of carbonyl (C=O) groups is 1. The van der Waals surface area contributed by atoms with E-state index in [-0.39, 0.29) is 17.9 Å². The van der Waals surface area contributed by atoms with Crippen molar-refractivity contribution in [1.29, 1.82) is 0 Å². The number of thiocarbonyl (C=S) groups is 1. The van der Waals surface area contributed by atoms with Crippen molar-refractivity contribution in [1.82, 2.24) is 25.9 Å². The number of benzene rings is 1. The molecule has 1 saturated carbocycles. The summed E-state index contributed by atoms with van der Waals surface area (Å²) in [4.78, 5) is 24.0. The van der Waals surface area contributed by atoms with Crippen LogP contribution in [0.25, 0.3) is 10.9 Å². The number of rotatable bonds is 3. The minimum Gasteiger partial charge on any atom is -0.358 e. The number of para-hydroxylation sites is 1. The summed E-state index contributed by atoms with van der Waals surface area (Å²) < 4.78 is 1.49. The molecule has 1 amide bonds. The first-order valence-electron chi connectivity index (χ1n) is 8.85. The Kier molecular flexibility index (Phi) is 5.82. The van der Waals surface area contributed by atoms with E-state index in [1.165, 1.54) is 30.1 Å². The van der Waals surface area contributed by atoms with E-state index in [9.17, 15) is 9.59 Å². The van der Waals surface area contributed by atoms with Crippen LogP contribution in [0.1, 0.15) is 32.6 Å². The second kappa shape index (κ2) is 8.27. The molecule has 1 heterocycles. The van der Waals surface area contributed by atoms with Crippen LogP contribution in [0, 0.1) is 5.92 Å². The SMILES string of the molecule is CC1CCCCC1NC(=S)NNC(=O)Cn1ncc(=O)c2ccccc21. The number of nitrogens with zero attached hydrogens (tertiary/aromatic N) is 2. The molecule has 2 aromatic rings. The van der Waals surface area contributed by atoms with Crippen molar-refractivity contribution < 1.29 is 4.79 Å². The average molecular weight is 373 g/mol. The van der Waals surface area contributed by atoms with E-state index in [1.807, 2.05) is 0 Å². The fraction of sp³-hybridized carbons (Fsp3) is 0.444. The Morgan fingerprint density at radius 2 is 2.04 bits per heavy atom. The predicted octanol–water partition coefficient (Wildman–Crippen LogP) is 1.47. The number of nitrogens with one attached hydrogen (secondary N) is 3. The van der Waals surface area contributed by atoms with E-state index in [2.05, 4.69) is 28.2 Å². The maximum absolute atomic E-state index is 12.2. The molecule has 3 rings (SSSR count). The average Bonchev–Trinajstić information content (AvgIpc) is 2.64. The number of fused-ring (bicyclic) bond motifs is 1. The molecule has 138 valence electrons. The van der Waals surface area contributed by atoms with Crippen LogP contribution in [-0.4, -0.2) is 26.8 Å². The van der Waals surface area contributed by atoms with Gasteiger partial charge < -0.3 is 5.32 Å². The number of aromatic nitrogens is 2. The topological polar surface area (TPSA) is 88.0 Å². The van der Waals surface area contributed by atoms with Crippen molar-refractivity contribution in [3.05, 3.63) is 40.7 Å². The lowest BCUT2D eigenvalue weighted by molar-refractivity contribution is -0.122. The molecule has 26 heavy (non-hydrogen) atoms. The summed E-state index contributed by atoms with van der Waals surface area (Å²) in [6.45, 7) is 2.20. The van der Waals surface area contributed by atoms with Crippen molar-refractivity contribution in [2.45, 2.75) is 45.2 Å². The minimum absolute atomic E-state index is 0.0176. The fourth-order valence-electron chi connectivity index (χ4n) is 3.32. The summed E-state index contributed by atoms with van der Waals surface area (Å²) in [7, 11) is 0. The second-order valence-electron chi connectivity index (χ2n) is 6.70. The number of hydrogen-bond acceptors (Lipinski definition) is 4. The van der Waals surface area contributed by atoms with Gasteiger partial charge >= 0.3 is 0 Å². The van der Waals surface area contributed by atoms with Gasteiger partial charge in [0.2, 0.25) is 5.43 Å². The van der Waals surface area contributed by atoms with E-state index in [1.54, 1.807) is 24.3 Å². The van der Waals surface area contributed by atoms with Crippen LogP contribution in [0.2, 0.25) is 0 Å². The Balaban J connectivity index is 1.55. The third kappa shape index (κ3) is 4.37. The molecule has 3 N–H and O–H groups in total. The molecular weight excluding hydrogens is 350 g/mol. The van der Waals surface area contributed by atoms with Gasteiger partial charge in [-0.25, -0.2) is 0 Å². The molecule has 1 aliphatic rings. The Morgan fingerprint density at radius 3 is 2.85 bits per heavy atom. The molecule has 1 aliphatic carbocycles. The zero-order chi connectivity index (χ0) is 18.5. The molecule has 8 heteroatoms. The zero-order valence-corrected chi connectivity index (χ0v) is 15.5. The summed E-state index contributed by atoms with van der Waals surface area (Å²) in [5.74, 6) is 0.267.